The second-order valence-electron chi connectivity index (χ2n) is 5.73. The number of ether oxygens (including phenoxy) is 1. The topological polar surface area (TPSA) is 53.5 Å². The molecule has 110 valence electrons. The van der Waals surface area contributed by atoms with Crippen LogP contribution in [0.5, 0.6) is 5.88 Å². The summed E-state index contributed by atoms with van der Waals surface area (Å²) in [7, 11) is 0. The van der Waals surface area contributed by atoms with Crippen molar-refractivity contribution in [1.29, 1.82) is 0 Å². The number of rotatable bonds is 4. The Morgan fingerprint density at radius 2 is 2.00 bits per heavy atom. The molecule has 0 saturated carbocycles. The second-order valence-corrected chi connectivity index (χ2v) is 5.73. The van der Waals surface area contributed by atoms with E-state index in [2.05, 4.69) is 25.1 Å². The largest absolute Gasteiger partial charge is 0.474 e. The fourth-order valence-electron chi connectivity index (χ4n) is 2.71. The van der Waals surface area contributed by atoms with Gasteiger partial charge in [0.25, 0.3) is 0 Å². The van der Waals surface area contributed by atoms with Gasteiger partial charge in [-0.2, -0.15) is 4.98 Å². The van der Waals surface area contributed by atoms with Crippen molar-refractivity contribution in [3.63, 3.8) is 0 Å². The van der Waals surface area contributed by atoms with Crippen LogP contribution in [-0.4, -0.2) is 66.3 Å². The molecule has 3 heterocycles. The van der Waals surface area contributed by atoms with Crippen LogP contribution in [0.15, 0.2) is 12.4 Å². The van der Waals surface area contributed by atoms with Crippen LogP contribution < -0.4 is 15.0 Å². The van der Waals surface area contributed by atoms with E-state index in [1.807, 2.05) is 20.0 Å². The molecular formula is C14H23N5O. The van der Waals surface area contributed by atoms with Gasteiger partial charge in [0, 0.05) is 45.3 Å². The third-order valence-corrected chi connectivity index (χ3v) is 3.81. The molecule has 2 fully saturated rings. The predicted molar refractivity (Wildman–Crippen MR) is 78.2 cm³/mol. The van der Waals surface area contributed by atoms with Crippen LogP contribution in [0, 0.1) is 0 Å². The maximum atomic E-state index is 5.60. The number of anilines is 1. The van der Waals surface area contributed by atoms with E-state index in [9.17, 15) is 0 Å². The summed E-state index contributed by atoms with van der Waals surface area (Å²) in [6, 6.07) is 0.661. The molecule has 2 aliphatic heterocycles. The molecule has 0 bridgehead atoms. The Labute approximate surface area is 120 Å². The highest BCUT2D eigenvalue weighted by Gasteiger charge is 2.33. The van der Waals surface area contributed by atoms with E-state index in [4.69, 9.17) is 4.74 Å². The zero-order valence-corrected chi connectivity index (χ0v) is 12.2. The zero-order chi connectivity index (χ0) is 13.9. The van der Waals surface area contributed by atoms with E-state index in [0.29, 0.717) is 11.9 Å². The molecule has 0 radical (unpaired) electrons. The number of aromatic nitrogens is 2. The Kier molecular flexibility index (Phi) is 4.03. The van der Waals surface area contributed by atoms with Crippen LogP contribution in [-0.2, 0) is 0 Å². The molecule has 6 heteroatoms. The van der Waals surface area contributed by atoms with Crippen LogP contribution in [0.1, 0.15) is 13.8 Å². The number of piperazine rings is 1. The first-order valence-electron chi connectivity index (χ1n) is 7.41. The molecule has 1 N–H and O–H groups in total. The summed E-state index contributed by atoms with van der Waals surface area (Å²) in [4.78, 5) is 13.6. The first kappa shape index (κ1) is 13.6. The number of hydrogen-bond acceptors (Lipinski definition) is 6. The van der Waals surface area contributed by atoms with Gasteiger partial charge in [0.1, 0.15) is 0 Å². The Balaban J connectivity index is 1.56. The summed E-state index contributed by atoms with van der Waals surface area (Å²) in [6.07, 6.45) is 3.63. The van der Waals surface area contributed by atoms with Crippen LogP contribution in [0.25, 0.3) is 0 Å². The van der Waals surface area contributed by atoms with Gasteiger partial charge in [-0.15, -0.1) is 0 Å². The quantitative estimate of drug-likeness (QED) is 0.857. The fourth-order valence-corrected chi connectivity index (χ4v) is 2.71. The molecule has 0 spiro atoms. The van der Waals surface area contributed by atoms with Gasteiger partial charge in [0.2, 0.25) is 5.88 Å². The Morgan fingerprint density at radius 1 is 1.25 bits per heavy atom. The zero-order valence-electron chi connectivity index (χ0n) is 12.2. The third kappa shape index (κ3) is 3.02. The molecule has 0 aliphatic carbocycles. The Morgan fingerprint density at radius 3 is 2.70 bits per heavy atom. The van der Waals surface area contributed by atoms with Crippen LogP contribution in [0.4, 0.5) is 5.82 Å². The number of nitrogens with zero attached hydrogens (tertiary/aromatic N) is 4. The smallest absolute Gasteiger partial charge is 0.234 e. The van der Waals surface area contributed by atoms with E-state index >= 15 is 0 Å². The molecule has 6 nitrogen and oxygen atoms in total. The Hall–Kier alpha value is -1.40. The van der Waals surface area contributed by atoms with Crippen LogP contribution in [0.3, 0.4) is 0 Å². The lowest BCUT2D eigenvalue weighted by Crippen LogP contribution is -2.63. The minimum atomic E-state index is 0.129. The molecule has 0 aromatic carbocycles. The van der Waals surface area contributed by atoms with Crippen molar-refractivity contribution in [1.82, 2.24) is 20.2 Å². The highest BCUT2D eigenvalue weighted by molar-refractivity contribution is 5.41. The van der Waals surface area contributed by atoms with Gasteiger partial charge in [-0.3, -0.25) is 9.88 Å². The van der Waals surface area contributed by atoms with Crippen molar-refractivity contribution < 1.29 is 4.74 Å². The Bertz CT molecular complexity index is 441. The number of nitrogens with one attached hydrogen (secondary N) is 1. The predicted octanol–water partition coefficient (Wildman–Crippen LogP) is 0.358. The van der Waals surface area contributed by atoms with Gasteiger partial charge in [0.15, 0.2) is 5.82 Å². The molecule has 3 rings (SSSR count). The van der Waals surface area contributed by atoms with Gasteiger partial charge in [0.05, 0.1) is 18.5 Å². The lowest BCUT2D eigenvalue weighted by atomic mass is 10.1. The SMILES string of the molecule is CC(C)Oc1cncc(N2CC(N3CCNCC3)C2)n1. The molecule has 2 saturated heterocycles. The van der Waals surface area contributed by atoms with Crippen LogP contribution >= 0.6 is 0 Å². The third-order valence-electron chi connectivity index (χ3n) is 3.81. The normalized spacial score (nSPS) is 21.1. The van der Waals surface area contributed by atoms with Gasteiger partial charge in [-0.05, 0) is 13.8 Å². The van der Waals surface area contributed by atoms with Gasteiger partial charge in [-0.25, -0.2) is 0 Å². The fraction of sp³-hybridized carbons (Fsp3) is 0.714. The molecule has 0 unspecified atom stereocenters. The molecule has 1 aromatic rings. The van der Waals surface area contributed by atoms with Gasteiger partial charge in [-0.1, -0.05) is 0 Å². The van der Waals surface area contributed by atoms with Crippen molar-refractivity contribution in [2.24, 2.45) is 0 Å². The number of hydrogen-bond donors (Lipinski definition) is 1. The average Bonchev–Trinajstić information content (AvgIpc) is 2.38. The van der Waals surface area contributed by atoms with Crippen LogP contribution in [0.2, 0.25) is 0 Å². The van der Waals surface area contributed by atoms with E-state index in [1.165, 1.54) is 0 Å². The molecule has 0 amide bonds. The minimum Gasteiger partial charge on any atom is -0.474 e. The molecule has 0 atom stereocenters. The summed E-state index contributed by atoms with van der Waals surface area (Å²) in [5.41, 5.74) is 0. The highest BCUT2D eigenvalue weighted by Crippen LogP contribution is 2.23. The summed E-state index contributed by atoms with van der Waals surface area (Å²) >= 11 is 0. The summed E-state index contributed by atoms with van der Waals surface area (Å²) < 4.78 is 5.60. The monoisotopic (exact) mass is 277 g/mol. The van der Waals surface area contributed by atoms with Crippen molar-refractivity contribution in [2.75, 3.05) is 44.2 Å². The second kappa shape index (κ2) is 5.93. The van der Waals surface area contributed by atoms with E-state index in [0.717, 1.165) is 45.1 Å². The summed E-state index contributed by atoms with van der Waals surface area (Å²) in [5, 5.41) is 3.39. The minimum absolute atomic E-state index is 0.129. The maximum absolute atomic E-state index is 5.60. The maximum Gasteiger partial charge on any atom is 0.234 e. The van der Waals surface area contributed by atoms with E-state index in [-0.39, 0.29) is 6.10 Å². The van der Waals surface area contributed by atoms with E-state index in [1.54, 1.807) is 6.20 Å². The lowest BCUT2D eigenvalue weighted by molar-refractivity contribution is 0.146. The van der Waals surface area contributed by atoms with Crippen molar-refractivity contribution >= 4 is 5.82 Å². The molecule has 20 heavy (non-hydrogen) atoms. The summed E-state index contributed by atoms with van der Waals surface area (Å²) in [5.74, 6) is 1.54. The van der Waals surface area contributed by atoms with Crippen molar-refractivity contribution in [3.8, 4) is 5.88 Å². The van der Waals surface area contributed by atoms with Crippen molar-refractivity contribution in [2.45, 2.75) is 26.0 Å². The average molecular weight is 277 g/mol. The highest BCUT2D eigenvalue weighted by atomic mass is 16.5. The molecule has 1 aromatic heterocycles. The molecule has 2 aliphatic rings. The molecular weight excluding hydrogens is 254 g/mol. The first-order valence-corrected chi connectivity index (χ1v) is 7.41. The van der Waals surface area contributed by atoms with Gasteiger partial charge < -0.3 is 15.0 Å². The standard InChI is InChI=1S/C14H23N5O/c1-11(2)20-14-8-16-7-13(17-14)19-9-12(10-19)18-5-3-15-4-6-18/h7-8,11-12,15H,3-6,9-10H2,1-2H3. The van der Waals surface area contributed by atoms with E-state index < -0.39 is 0 Å². The lowest BCUT2D eigenvalue weighted by Gasteiger charge is -2.47. The van der Waals surface area contributed by atoms with Crippen molar-refractivity contribution in [3.05, 3.63) is 12.4 Å². The summed E-state index contributed by atoms with van der Waals surface area (Å²) in [6.45, 7) is 10.6. The van der Waals surface area contributed by atoms with Gasteiger partial charge >= 0.3 is 0 Å². The first-order chi connectivity index (χ1) is 9.72.